The lowest BCUT2D eigenvalue weighted by Gasteiger charge is -2.14. The van der Waals surface area contributed by atoms with Crippen LogP contribution in [0, 0.1) is 0 Å². The second kappa shape index (κ2) is 6.70. The molecule has 0 bridgehead atoms. The fourth-order valence-corrected chi connectivity index (χ4v) is 1.69. The molecule has 15 heavy (non-hydrogen) atoms. The van der Waals surface area contributed by atoms with E-state index in [-0.39, 0.29) is 0 Å². The number of alkyl halides is 1. The van der Waals surface area contributed by atoms with Crippen molar-refractivity contribution in [3.8, 4) is 5.75 Å². The Kier molecular flexibility index (Phi) is 5.51. The third kappa shape index (κ3) is 4.54. The number of ether oxygens (including phenoxy) is 1. The van der Waals surface area contributed by atoms with Crippen molar-refractivity contribution < 1.29 is 4.74 Å². The van der Waals surface area contributed by atoms with Gasteiger partial charge in [-0.05, 0) is 31.2 Å². The molecular formula is C12H18ClNO. The molecule has 0 fully saturated rings. The van der Waals surface area contributed by atoms with E-state index in [4.69, 9.17) is 16.3 Å². The van der Waals surface area contributed by atoms with Gasteiger partial charge in [-0.25, -0.2) is 0 Å². The normalized spacial score (nSPS) is 10.7. The minimum atomic E-state index is 0.689. The zero-order valence-corrected chi connectivity index (χ0v) is 10.1. The monoisotopic (exact) mass is 227 g/mol. The average molecular weight is 228 g/mol. The zero-order valence-electron chi connectivity index (χ0n) is 9.37. The lowest BCUT2D eigenvalue weighted by molar-refractivity contribution is 0.359. The predicted octanol–water partition coefficient (Wildman–Crippen LogP) is 2.41. The van der Waals surface area contributed by atoms with Gasteiger partial charge in [0, 0.05) is 19.0 Å². The van der Waals surface area contributed by atoms with Crippen molar-refractivity contribution in [3.05, 3.63) is 29.8 Å². The highest BCUT2D eigenvalue weighted by Gasteiger charge is 1.99. The summed E-state index contributed by atoms with van der Waals surface area (Å²) in [6, 6.07) is 8.19. The number of methoxy groups -OCH3 is 1. The van der Waals surface area contributed by atoms with E-state index in [1.54, 1.807) is 7.11 Å². The summed E-state index contributed by atoms with van der Waals surface area (Å²) in [6.45, 7) is 1.96. The Hall–Kier alpha value is -0.730. The van der Waals surface area contributed by atoms with Crippen LogP contribution in [0.2, 0.25) is 0 Å². The fourth-order valence-electron chi connectivity index (χ4n) is 1.40. The first-order chi connectivity index (χ1) is 7.26. The molecular weight excluding hydrogens is 210 g/mol. The summed E-state index contributed by atoms with van der Waals surface area (Å²) in [7, 11) is 3.78. The van der Waals surface area contributed by atoms with Crippen LogP contribution in [0.25, 0.3) is 0 Å². The fraction of sp³-hybridized carbons (Fsp3) is 0.500. The Balaban J connectivity index is 2.43. The second-order valence-electron chi connectivity index (χ2n) is 3.59. The SMILES string of the molecule is COc1cccc(CCN(C)CCCl)c1. The summed E-state index contributed by atoms with van der Waals surface area (Å²) in [4.78, 5) is 2.23. The molecule has 0 radical (unpaired) electrons. The van der Waals surface area contributed by atoms with Crippen LogP contribution in [-0.4, -0.2) is 38.0 Å². The predicted molar refractivity (Wildman–Crippen MR) is 64.9 cm³/mol. The van der Waals surface area contributed by atoms with Gasteiger partial charge in [0.2, 0.25) is 0 Å². The maximum atomic E-state index is 5.66. The number of hydrogen-bond donors (Lipinski definition) is 0. The number of nitrogens with zero attached hydrogens (tertiary/aromatic N) is 1. The van der Waals surface area contributed by atoms with Crippen LogP contribution in [0.5, 0.6) is 5.75 Å². The van der Waals surface area contributed by atoms with Crippen molar-refractivity contribution in [1.29, 1.82) is 0 Å². The van der Waals surface area contributed by atoms with E-state index in [0.717, 1.165) is 25.3 Å². The van der Waals surface area contributed by atoms with Crippen molar-refractivity contribution in [3.63, 3.8) is 0 Å². The summed E-state index contributed by atoms with van der Waals surface area (Å²) in [6.07, 6.45) is 1.03. The van der Waals surface area contributed by atoms with Gasteiger partial charge >= 0.3 is 0 Å². The number of halogens is 1. The number of benzene rings is 1. The summed E-state index contributed by atoms with van der Waals surface area (Å²) in [5, 5.41) is 0. The molecule has 0 unspecified atom stereocenters. The van der Waals surface area contributed by atoms with Gasteiger partial charge in [-0.1, -0.05) is 12.1 Å². The standard InChI is InChI=1S/C12H18ClNO/c1-14(9-7-13)8-6-11-4-3-5-12(10-11)15-2/h3-5,10H,6-9H2,1-2H3. The molecule has 0 heterocycles. The number of rotatable bonds is 6. The molecule has 1 rings (SSSR count). The van der Waals surface area contributed by atoms with E-state index in [1.807, 2.05) is 12.1 Å². The molecule has 2 nitrogen and oxygen atoms in total. The van der Waals surface area contributed by atoms with Crippen molar-refractivity contribution in [2.45, 2.75) is 6.42 Å². The first kappa shape index (κ1) is 12.3. The minimum Gasteiger partial charge on any atom is -0.497 e. The molecule has 0 aliphatic carbocycles. The highest BCUT2D eigenvalue weighted by molar-refractivity contribution is 6.18. The average Bonchev–Trinajstić information content (AvgIpc) is 2.27. The van der Waals surface area contributed by atoms with E-state index >= 15 is 0 Å². The van der Waals surface area contributed by atoms with Crippen LogP contribution in [0.3, 0.4) is 0 Å². The molecule has 1 aromatic carbocycles. The maximum absolute atomic E-state index is 5.66. The Bertz CT molecular complexity index is 291. The summed E-state index contributed by atoms with van der Waals surface area (Å²) >= 11 is 5.66. The van der Waals surface area contributed by atoms with Crippen LogP contribution in [0.4, 0.5) is 0 Å². The van der Waals surface area contributed by atoms with Crippen molar-refractivity contribution in [1.82, 2.24) is 4.90 Å². The lowest BCUT2D eigenvalue weighted by atomic mass is 10.1. The molecule has 0 saturated carbocycles. The Morgan fingerprint density at radius 2 is 2.13 bits per heavy atom. The molecule has 84 valence electrons. The van der Waals surface area contributed by atoms with Gasteiger partial charge in [0.05, 0.1) is 7.11 Å². The zero-order chi connectivity index (χ0) is 11.1. The summed E-state index contributed by atoms with van der Waals surface area (Å²) in [5.74, 6) is 1.61. The smallest absolute Gasteiger partial charge is 0.119 e. The van der Waals surface area contributed by atoms with E-state index in [0.29, 0.717) is 5.88 Å². The maximum Gasteiger partial charge on any atom is 0.119 e. The molecule has 0 N–H and O–H groups in total. The van der Waals surface area contributed by atoms with Gasteiger partial charge < -0.3 is 9.64 Å². The Labute approximate surface area is 96.8 Å². The first-order valence-electron chi connectivity index (χ1n) is 5.13. The molecule has 0 spiro atoms. The third-order valence-electron chi connectivity index (χ3n) is 2.38. The Morgan fingerprint density at radius 1 is 1.33 bits per heavy atom. The van der Waals surface area contributed by atoms with Crippen LogP contribution in [0.1, 0.15) is 5.56 Å². The molecule has 0 aliphatic heterocycles. The van der Waals surface area contributed by atoms with E-state index in [9.17, 15) is 0 Å². The molecule has 0 saturated heterocycles. The molecule has 1 aromatic rings. The quantitative estimate of drug-likeness (QED) is 0.692. The highest BCUT2D eigenvalue weighted by Crippen LogP contribution is 2.12. The van der Waals surface area contributed by atoms with Gasteiger partial charge in [0.1, 0.15) is 5.75 Å². The van der Waals surface area contributed by atoms with Crippen LogP contribution >= 0.6 is 11.6 Å². The van der Waals surface area contributed by atoms with Crippen molar-refractivity contribution in [2.24, 2.45) is 0 Å². The lowest BCUT2D eigenvalue weighted by Crippen LogP contribution is -2.23. The van der Waals surface area contributed by atoms with Crippen molar-refractivity contribution >= 4 is 11.6 Å². The van der Waals surface area contributed by atoms with E-state index in [2.05, 4.69) is 24.1 Å². The van der Waals surface area contributed by atoms with Gasteiger partial charge in [-0.15, -0.1) is 11.6 Å². The topological polar surface area (TPSA) is 12.5 Å². The van der Waals surface area contributed by atoms with Crippen molar-refractivity contribution in [2.75, 3.05) is 33.1 Å². The number of hydrogen-bond acceptors (Lipinski definition) is 2. The number of likely N-dealkylation sites (N-methyl/N-ethyl adjacent to an activating group) is 1. The third-order valence-corrected chi connectivity index (χ3v) is 2.55. The molecule has 3 heteroatoms. The van der Waals surface area contributed by atoms with Crippen LogP contribution < -0.4 is 4.74 Å². The molecule has 0 aromatic heterocycles. The van der Waals surface area contributed by atoms with Gasteiger partial charge in [-0.3, -0.25) is 0 Å². The second-order valence-corrected chi connectivity index (χ2v) is 3.97. The summed E-state index contributed by atoms with van der Waals surface area (Å²) < 4.78 is 5.17. The van der Waals surface area contributed by atoms with Crippen LogP contribution in [0.15, 0.2) is 24.3 Å². The highest BCUT2D eigenvalue weighted by atomic mass is 35.5. The van der Waals surface area contributed by atoms with Gasteiger partial charge in [0.25, 0.3) is 0 Å². The van der Waals surface area contributed by atoms with Crippen LogP contribution in [-0.2, 0) is 6.42 Å². The van der Waals surface area contributed by atoms with Gasteiger partial charge in [-0.2, -0.15) is 0 Å². The Morgan fingerprint density at radius 3 is 2.80 bits per heavy atom. The summed E-state index contributed by atoms with van der Waals surface area (Å²) in [5.41, 5.74) is 1.30. The molecule has 0 atom stereocenters. The van der Waals surface area contributed by atoms with Gasteiger partial charge in [0.15, 0.2) is 0 Å². The van der Waals surface area contributed by atoms with E-state index in [1.165, 1.54) is 5.56 Å². The first-order valence-corrected chi connectivity index (χ1v) is 5.67. The molecule has 0 amide bonds. The minimum absolute atomic E-state index is 0.689. The van der Waals surface area contributed by atoms with E-state index < -0.39 is 0 Å². The largest absolute Gasteiger partial charge is 0.497 e. The molecule has 0 aliphatic rings.